The molecule has 2 radical (unpaired) electrons. The molecule has 1 aliphatic heterocycles. The summed E-state index contributed by atoms with van der Waals surface area (Å²) >= 11 is 0. The number of anilines is 1. The van der Waals surface area contributed by atoms with E-state index >= 15 is 0 Å². The smallest absolute Gasteiger partial charge is 0.255 e. The van der Waals surface area contributed by atoms with Gasteiger partial charge in [0.25, 0.3) is 5.91 Å². The summed E-state index contributed by atoms with van der Waals surface area (Å²) in [5.74, 6) is -0.247. The lowest BCUT2D eigenvalue weighted by atomic mass is 10.0. The van der Waals surface area contributed by atoms with Crippen LogP contribution in [0.3, 0.4) is 0 Å². The van der Waals surface area contributed by atoms with Crippen molar-refractivity contribution in [3.63, 3.8) is 0 Å². The van der Waals surface area contributed by atoms with E-state index in [1.54, 1.807) is 53.3 Å². The number of sulfonamides is 1. The topological polar surface area (TPSA) is 78.5 Å². The van der Waals surface area contributed by atoms with E-state index in [1.807, 2.05) is 18.2 Å². The number of nitrogens with one attached hydrogen (secondary N) is 2. The second kappa shape index (κ2) is 8.59. The molecule has 0 atom stereocenters. The first kappa shape index (κ1) is 20.6. The summed E-state index contributed by atoms with van der Waals surface area (Å²) in [4.78, 5) is 14.5. The van der Waals surface area contributed by atoms with E-state index in [0.717, 1.165) is 0 Å². The molecule has 2 N–H and O–H groups in total. The van der Waals surface area contributed by atoms with Gasteiger partial charge in [-0.05, 0) is 50.2 Å². The van der Waals surface area contributed by atoms with Gasteiger partial charge in [0.15, 0.2) is 7.98 Å². The Bertz CT molecular complexity index is 1160. The summed E-state index contributed by atoms with van der Waals surface area (Å²) < 4.78 is 29.0. The SMILES string of the molecule is [B]N1CCC(NS(=O)(=O)c2ccc(NC(=O)c3ccccc3)c3ccccc23)CC1. The molecule has 0 saturated carbocycles. The van der Waals surface area contributed by atoms with Crippen molar-refractivity contribution in [1.82, 2.24) is 9.53 Å². The van der Waals surface area contributed by atoms with Crippen LogP contribution < -0.4 is 10.0 Å². The minimum Gasteiger partial charge on any atom is -0.353 e. The van der Waals surface area contributed by atoms with Crippen molar-refractivity contribution in [3.05, 3.63) is 72.3 Å². The molecule has 1 heterocycles. The monoisotopic (exact) mass is 419 g/mol. The number of hydrogen-bond acceptors (Lipinski definition) is 4. The van der Waals surface area contributed by atoms with Crippen molar-refractivity contribution < 1.29 is 13.2 Å². The van der Waals surface area contributed by atoms with E-state index in [2.05, 4.69) is 10.0 Å². The highest BCUT2D eigenvalue weighted by molar-refractivity contribution is 7.89. The molecule has 3 aromatic carbocycles. The molecule has 0 unspecified atom stereocenters. The average Bonchev–Trinajstić information content (AvgIpc) is 2.76. The Morgan fingerprint density at radius 2 is 1.53 bits per heavy atom. The zero-order valence-corrected chi connectivity index (χ0v) is 17.2. The third kappa shape index (κ3) is 4.40. The highest BCUT2D eigenvalue weighted by atomic mass is 32.2. The summed E-state index contributed by atoms with van der Waals surface area (Å²) in [6.45, 7) is 1.30. The zero-order chi connectivity index (χ0) is 21.1. The standard InChI is InChI=1S/C22H22BN3O3S/c23-26-14-12-17(13-15-26)25-30(28,29)21-11-10-20(18-8-4-5-9-19(18)21)24-22(27)16-6-2-1-3-7-16/h1-11,17,25H,12-15H2,(H,24,27). The lowest BCUT2D eigenvalue weighted by Crippen LogP contribution is -2.43. The Balaban J connectivity index is 1.64. The summed E-state index contributed by atoms with van der Waals surface area (Å²) in [5.41, 5.74) is 1.10. The number of carbonyl (C=O) groups is 1. The molecule has 30 heavy (non-hydrogen) atoms. The summed E-state index contributed by atoms with van der Waals surface area (Å²) in [7, 11) is 2.04. The van der Waals surface area contributed by atoms with Crippen LogP contribution in [-0.2, 0) is 10.0 Å². The van der Waals surface area contributed by atoms with Crippen LogP contribution in [0, 0.1) is 0 Å². The quantitative estimate of drug-likeness (QED) is 0.624. The molecular weight excluding hydrogens is 397 g/mol. The molecule has 0 bridgehead atoms. The largest absolute Gasteiger partial charge is 0.353 e. The van der Waals surface area contributed by atoms with Crippen LogP contribution >= 0.6 is 0 Å². The zero-order valence-electron chi connectivity index (χ0n) is 16.4. The van der Waals surface area contributed by atoms with E-state index in [9.17, 15) is 13.2 Å². The van der Waals surface area contributed by atoms with E-state index < -0.39 is 10.0 Å². The van der Waals surface area contributed by atoms with Crippen molar-refractivity contribution in [2.24, 2.45) is 0 Å². The molecule has 0 spiro atoms. The van der Waals surface area contributed by atoms with E-state index in [1.165, 1.54) is 0 Å². The van der Waals surface area contributed by atoms with Gasteiger partial charge >= 0.3 is 0 Å². The van der Waals surface area contributed by atoms with Crippen molar-refractivity contribution in [3.8, 4) is 0 Å². The molecular formula is C22H22BN3O3S. The number of nitrogens with zero attached hydrogens (tertiary/aromatic N) is 1. The number of hydrogen-bond donors (Lipinski definition) is 2. The minimum absolute atomic E-state index is 0.147. The molecule has 4 rings (SSSR count). The maximum Gasteiger partial charge on any atom is 0.255 e. The second-order valence-corrected chi connectivity index (χ2v) is 9.09. The number of benzene rings is 3. The first-order valence-corrected chi connectivity index (χ1v) is 11.3. The number of fused-ring (bicyclic) bond motifs is 1. The number of piperidine rings is 1. The fourth-order valence-electron chi connectivity index (χ4n) is 3.70. The Labute approximate surface area is 177 Å². The maximum atomic E-state index is 13.1. The van der Waals surface area contributed by atoms with Gasteiger partial charge in [-0.3, -0.25) is 4.79 Å². The van der Waals surface area contributed by atoms with Crippen LogP contribution in [0.1, 0.15) is 23.2 Å². The second-order valence-electron chi connectivity index (χ2n) is 7.41. The lowest BCUT2D eigenvalue weighted by Gasteiger charge is -2.29. The third-order valence-corrected chi connectivity index (χ3v) is 6.89. The summed E-state index contributed by atoms with van der Waals surface area (Å²) in [6.07, 6.45) is 1.33. The van der Waals surface area contributed by atoms with Gasteiger partial charge in [0, 0.05) is 28.1 Å². The fourth-order valence-corrected chi connectivity index (χ4v) is 5.22. The van der Waals surface area contributed by atoms with Gasteiger partial charge < -0.3 is 10.1 Å². The van der Waals surface area contributed by atoms with Gasteiger partial charge in [0.1, 0.15) is 0 Å². The highest BCUT2D eigenvalue weighted by Gasteiger charge is 2.25. The molecule has 152 valence electrons. The highest BCUT2D eigenvalue weighted by Crippen LogP contribution is 2.30. The molecule has 1 aliphatic rings. The van der Waals surface area contributed by atoms with E-state index in [-0.39, 0.29) is 16.8 Å². The predicted octanol–water partition coefficient (Wildman–Crippen LogP) is 2.92. The number of rotatable bonds is 5. The van der Waals surface area contributed by atoms with Crippen molar-refractivity contribution in [2.45, 2.75) is 23.8 Å². The molecule has 8 heteroatoms. The Morgan fingerprint density at radius 3 is 2.23 bits per heavy atom. The molecule has 0 aliphatic carbocycles. The predicted molar refractivity (Wildman–Crippen MR) is 119 cm³/mol. The third-order valence-electron chi connectivity index (χ3n) is 5.31. The molecule has 6 nitrogen and oxygen atoms in total. The minimum atomic E-state index is -3.72. The number of carbonyl (C=O) groups excluding carboxylic acids is 1. The van der Waals surface area contributed by atoms with Crippen molar-refractivity contribution in [2.75, 3.05) is 18.4 Å². The maximum absolute atomic E-state index is 13.1. The van der Waals surface area contributed by atoms with E-state index in [0.29, 0.717) is 48.0 Å². The first-order valence-electron chi connectivity index (χ1n) is 9.84. The van der Waals surface area contributed by atoms with Crippen LogP contribution in [-0.4, -0.2) is 46.2 Å². The van der Waals surface area contributed by atoms with Gasteiger partial charge in [-0.15, -0.1) is 0 Å². The van der Waals surface area contributed by atoms with Crippen LogP contribution in [0.15, 0.2) is 71.6 Å². The van der Waals surface area contributed by atoms with Gasteiger partial charge in [0.2, 0.25) is 10.0 Å². The average molecular weight is 419 g/mol. The molecule has 1 fully saturated rings. The van der Waals surface area contributed by atoms with Crippen molar-refractivity contribution >= 4 is 40.4 Å². The van der Waals surface area contributed by atoms with Gasteiger partial charge in [-0.25, -0.2) is 13.1 Å². The van der Waals surface area contributed by atoms with Crippen LogP contribution in [0.2, 0.25) is 0 Å². The van der Waals surface area contributed by atoms with E-state index in [4.69, 9.17) is 7.98 Å². The molecule has 3 aromatic rings. The molecule has 1 saturated heterocycles. The molecule has 1 amide bonds. The van der Waals surface area contributed by atoms with Gasteiger partial charge in [0.05, 0.1) is 4.90 Å². The van der Waals surface area contributed by atoms with Crippen LogP contribution in [0.25, 0.3) is 10.8 Å². The van der Waals surface area contributed by atoms with Gasteiger partial charge in [-0.2, -0.15) is 0 Å². The van der Waals surface area contributed by atoms with Crippen LogP contribution in [0.4, 0.5) is 5.69 Å². The fraction of sp³-hybridized carbons (Fsp3) is 0.227. The Kier molecular flexibility index (Phi) is 5.90. The van der Waals surface area contributed by atoms with Crippen LogP contribution in [0.5, 0.6) is 0 Å². The Morgan fingerprint density at radius 1 is 0.900 bits per heavy atom. The summed E-state index contributed by atoms with van der Waals surface area (Å²) in [5, 5.41) is 4.12. The lowest BCUT2D eigenvalue weighted by molar-refractivity contribution is 0.102. The normalized spacial score (nSPS) is 15.9. The van der Waals surface area contributed by atoms with Crippen molar-refractivity contribution in [1.29, 1.82) is 0 Å². The summed E-state index contributed by atoms with van der Waals surface area (Å²) in [6, 6.07) is 19.1. The van der Waals surface area contributed by atoms with Gasteiger partial charge in [-0.1, -0.05) is 42.5 Å². The number of amides is 1. The molecule has 0 aromatic heterocycles. The first-order chi connectivity index (χ1) is 14.4. The Hall–Kier alpha value is -2.68.